The van der Waals surface area contributed by atoms with E-state index in [1.165, 1.54) is 0 Å². The zero-order chi connectivity index (χ0) is 19.8. The number of aromatic nitrogens is 1. The van der Waals surface area contributed by atoms with E-state index in [2.05, 4.69) is 4.98 Å². The van der Waals surface area contributed by atoms with E-state index in [9.17, 15) is 35.5 Å². The van der Waals surface area contributed by atoms with Crippen LogP contribution in [0.25, 0.3) is 0 Å². The maximum atomic E-state index is 13.9. The number of carboxylic acids is 1. The van der Waals surface area contributed by atoms with Gasteiger partial charge in [0.2, 0.25) is 5.88 Å². The number of halogens is 7. The average Bonchev–Trinajstić information content (AvgIpc) is 2.53. The second kappa shape index (κ2) is 6.61. The Morgan fingerprint density at radius 2 is 1.62 bits per heavy atom. The van der Waals surface area contributed by atoms with Crippen LogP contribution in [0.4, 0.5) is 30.7 Å². The fourth-order valence-electron chi connectivity index (χ4n) is 2.22. The summed E-state index contributed by atoms with van der Waals surface area (Å²) >= 11 is 0. The molecular formula is C15H10F7NO3. The second-order valence-electron chi connectivity index (χ2n) is 5.27. The van der Waals surface area contributed by atoms with Crippen molar-refractivity contribution in [3.8, 4) is 5.88 Å². The van der Waals surface area contributed by atoms with Crippen LogP contribution in [0.15, 0.2) is 41.8 Å². The molecule has 0 aromatic carbocycles. The van der Waals surface area contributed by atoms with E-state index in [1.807, 2.05) is 0 Å². The molecule has 0 saturated heterocycles. The van der Waals surface area contributed by atoms with Crippen molar-refractivity contribution in [2.24, 2.45) is 0 Å². The van der Waals surface area contributed by atoms with Crippen LogP contribution >= 0.6 is 0 Å². The quantitative estimate of drug-likeness (QED) is 0.770. The zero-order valence-corrected chi connectivity index (χ0v) is 12.7. The summed E-state index contributed by atoms with van der Waals surface area (Å²) in [5.41, 5.74) is -7.06. The lowest BCUT2D eigenvalue weighted by atomic mass is 9.87. The Hall–Kier alpha value is -2.59. The minimum absolute atomic E-state index is 0.0453. The summed E-state index contributed by atoms with van der Waals surface area (Å²) in [6, 6.07) is 2.31. The van der Waals surface area contributed by atoms with Gasteiger partial charge in [-0.05, 0) is 24.1 Å². The van der Waals surface area contributed by atoms with Gasteiger partial charge in [0, 0.05) is 18.7 Å². The molecule has 1 heterocycles. The van der Waals surface area contributed by atoms with Crippen LogP contribution in [0.2, 0.25) is 0 Å². The summed E-state index contributed by atoms with van der Waals surface area (Å²) in [7, 11) is 0. The monoisotopic (exact) mass is 385 g/mol. The molecule has 0 radical (unpaired) electrons. The van der Waals surface area contributed by atoms with Crippen LogP contribution in [-0.4, -0.2) is 34.1 Å². The lowest BCUT2D eigenvalue weighted by molar-refractivity contribution is -0.327. The lowest BCUT2D eigenvalue weighted by Crippen LogP contribution is -2.54. The third-order valence-electron chi connectivity index (χ3n) is 3.55. The number of rotatable bonds is 4. The van der Waals surface area contributed by atoms with Gasteiger partial charge in [0.05, 0.1) is 5.56 Å². The molecule has 1 aromatic heterocycles. The minimum Gasteiger partial charge on any atom is -0.478 e. The number of allylic oxidation sites excluding steroid dienone is 4. The molecule has 0 bridgehead atoms. The summed E-state index contributed by atoms with van der Waals surface area (Å²) < 4.78 is 95.2. The van der Waals surface area contributed by atoms with Crippen LogP contribution < -0.4 is 4.74 Å². The normalized spacial score (nSPS) is 16.0. The minimum atomic E-state index is -6.16. The smallest absolute Gasteiger partial charge is 0.435 e. The van der Waals surface area contributed by atoms with E-state index in [4.69, 9.17) is 9.84 Å². The van der Waals surface area contributed by atoms with Gasteiger partial charge in [-0.1, -0.05) is 6.08 Å². The molecule has 0 spiro atoms. The van der Waals surface area contributed by atoms with Gasteiger partial charge in [0.1, 0.15) is 5.76 Å². The first-order valence-electron chi connectivity index (χ1n) is 6.96. The van der Waals surface area contributed by atoms with E-state index in [0.29, 0.717) is 6.08 Å². The highest BCUT2D eigenvalue weighted by molar-refractivity contribution is 5.87. The van der Waals surface area contributed by atoms with E-state index in [1.54, 1.807) is 0 Å². The van der Waals surface area contributed by atoms with Gasteiger partial charge in [-0.15, -0.1) is 0 Å². The molecule has 1 aliphatic carbocycles. The fraction of sp³-hybridized carbons (Fsp3) is 0.333. The number of alkyl halides is 7. The predicted molar refractivity (Wildman–Crippen MR) is 73.2 cm³/mol. The first-order chi connectivity index (χ1) is 11.9. The number of carbonyl (C=O) groups is 1. The molecule has 26 heavy (non-hydrogen) atoms. The molecule has 0 atom stereocenters. The Bertz CT molecular complexity index is 734. The third kappa shape index (κ3) is 3.65. The number of hydrogen-bond donors (Lipinski definition) is 1. The lowest BCUT2D eigenvalue weighted by Gasteiger charge is -2.33. The molecule has 0 amide bonds. The van der Waals surface area contributed by atoms with Crippen molar-refractivity contribution >= 4 is 5.97 Å². The van der Waals surface area contributed by atoms with E-state index >= 15 is 0 Å². The van der Waals surface area contributed by atoms with Crippen molar-refractivity contribution in [3.63, 3.8) is 0 Å². The Kier molecular flexibility index (Phi) is 5.02. The molecular weight excluding hydrogens is 375 g/mol. The van der Waals surface area contributed by atoms with Gasteiger partial charge in [-0.25, -0.2) is 14.2 Å². The SMILES string of the molecule is O=C(O)c1ccc(OC2=CC=C(C(F)(C(F)(F)F)C(F)(F)F)CC2)nc1. The number of hydrogen-bond acceptors (Lipinski definition) is 3. The Morgan fingerprint density at radius 1 is 1.00 bits per heavy atom. The largest absolute Gasteiger partial charge is 0.478 e. The molecule has 1 N–H and O–H groups in total. The highest BCUT2D eigenvalue weighted by Crippen LogP contribution is 2.52. The van der Waals surface area contributed by atoms with Crippen molar-refractivity contribution in [1.29, 1.82) is 0 Å². The third-order valence-corrected chi connectivity index (χ3v) is 3.55. The summed E-state index contributed by atoms with van der Waals surface area (Å²) in [5, 5.41) is 8.71. The molecule has 142 valence electrons. The number of aromatic carboxylic acids is 1. The maximum Gasteiger partial charge on any atom is 0.435 e. The molecule has 0 unspecified atom stereocenters. The number of pyridine rings is 1. The van der Waals surface area contributed by atoms with Gasteiger partial charge in [0.15, 0.2) is 0 Å². The highest BCUT2D eigenvalue weighted by atomic mass is 19.4. The van der Waals surface area contributed by atoms with Gasteiger partial charge >= 0.3 is 24.0 Å². The van der Waals surface area contributed by atoms with Crippen LogP contribution in [0.1, 0.15) is 23.2 Å². The molecule has 1 aromatic rings. The predicted octanol–water partition coefficient (Wildman–Crippen LogP) is 4.60. The fourth-order valence-corrected chi connectivity index (χ4v) is 2.22. The van der Waals surface area contributed by atoms with E-state index in [0.717, 1.165) is 24.4 Å². The molecule has 2 rings (SSSR count). The second-order valence-corrected chi connectivity index (χ2v) is 5.27. The van der Waals surface area contributed by atoms with Gasteiger partial charge < -0.3 is 9.84 Å². The average molecular weight is 385 g/mol. The first kappa shape index (κ1) is 19.7. The Morgan fingerprint density at radius 3 is 2.00 bits per heavy atom. The summed E-state index contributed by atoms with van der Waals surface area (Å²) in [6.45, 7) is 0. The van der Waals surface area contributed by atoms with Crippen molar-refractivity contribution in [1.82, 2.24) is 4.98 Å². The first-order valence-corrected chi connectivity index (χ1v) is 6.96. The van der Waals surface area contributed by atoms with Gasteiger partial charge in [-0.2, -0.15) is 26.3 Å². The van der Waals surface area contributed by atoms with Crippen molar-refractivity contribution in [2.75, 3.05) is 0 Å². The maximum absolute atomic E-state index is 13.9. The van der Waals surface area contributed by atoms with Crippen LogP contribution in [0, 0.1) is 0 Å². The summed E-state index contributed by atoms with van der Waals surface area (Å²) in [5.74, 6) is -1.40. The summed E-state index contributed by atoms with van der Waals surface area (Å²) in [6.07, 6.45) is -11.5. The van der Waals surface area contributed by atoms with Crippen molar-refractivity contribution in [3.05, 3.63) is 47.4 Å². The van der Waals surface area contributed by atoms with Gasteiger partial charge in [-0.3, -0.25) is 0 Å². The number of ether oxygens (including phenoxy) is 1. The zero-order valence-electron chi connectivity index (χ0n) is 12.7. The van der Waals surface area contributed by atoms with Crippen molar-refractivity contribution in [2.45, 2.75) is 30.9 Å². The Labute approximate surface area is 141 Å². The Balaban J connectivity index is 2.24. The molecule has 1 aliphatic rings. The van der Waals surface area contributed by atoms with Crippen LogP contribution in [-0.2, 0) is 0 Å². The van der Waals surface area contributed by atoms with Crippen LogP contribution in [0.3, 0.4) is 0 Å². The van der Waals surface area contributed by atoms with E-state index < -0.39 is 42.4 Å². The topological polar surface area (TPSA) is 59.4 Å². The molecule has 0 fully saturated rings. The molecule has 4 nitrogen and oxygen atoms in total. The highest BCUT2D eigenvalue weighted by Gasteiger charge is 2.74. The molecule has 0 saturated carbocycles. The van der Waals surface area contributed by atoms with Gasteiger partial charge in [0.25, 0.3) is 0 Å². The standard InChI is InChI=1S/C15H10F7NO3/c16-13(14(17,18)19,15(20,21)22)9-2-4-10(5-3-9)26-11-6-1-8(7-23-11)12(24)25/h1-2,4,6-7H,3,5H2,(H,24,25). The van der Waals surface area contributed by atoms with Crippen LogP contribution in [0.5, 0.6) is 5.88 Å². The molecule has 11 heteroatoms. The summed E-state index contributed by atoms with van der Waals surface area (Å²) in [4.78, 5) is 14.3. The van der Waals surface area contributed by atoms with E-state index in [-0.39, 0.29) is 17.2 Å². The molecule has 0 aliphatic heterocycles. The number of carboxylic acid groups (broad SMARTS) is 1. The van der Waals surface area contributed by atoms with Crippen molar-refractivity contribution < 1.29 is 45.4 Å². The number of nitrogens with zero attached hydrogens (tertiary/aromatic N) is 1.